The second-order valence-corrected chi connectivity index (χ2v) is 5.49. The Balaban J connectivity index is 2.00. The molecule has 0 aromatic heterocycles. The van der Waals surface area contributed by atoms with Crippen molar-refractivity contribution >= 4 is 23.2 Å². The molecular weight excluding hydrogens is 271 g/mol. The summed E-state index contributed by atoms with van der Waals surface area (Å²) in [5.74, 6) is 0. The molecule has 1 atom stereocenters. The van der Waals surface area contributed by atoms with E-state index >= 15 is 0 Å². The van der Waals surface area contributed by atoms with Crippen molar-refractivity contribution in [2.24, 2.45) is 0 Å². The number of hydrogen-bond acceptors (Lipinski definition) is 3. The van der Waals surface area contributed by atoms with Crippen LogP contribution in [0.25, 0.3) is 0 Å². The van der Waals surface area contributed by atoms with Crippen molar-refractivity contribution in [1.82, 2.24) is 10.2 Å². The van der Waals surface area contributed by atoms with Crippen LogP contribution in [0.3, 0.4) is 0 Å². The summed E-state index contributed by atoms with van der Waals surface area (Å²) in [7, 11) is 0. The van der Waals surface area contributed by atoms with E-state index in [1.54, 1.807) is 0 Å². The summed E-state index contributed by atoms with van der Waals surface area (Å²) in [5.41, 5.74) is 1.16. The third kappa shape index (κ3) is 3.84. The summed E-state index contributed by atoms with van der Waals surface area (Å²) in [6.07, 6.45) is 1.10. The number of nitrogens with one attached hydrogen (secondary N) is 1. The molecule has 0 radical (unpaired) electrons. The molecule has 2 N–H and O–H groups in total. The van der Waals surface area contributed by atoms with Crippen LogP contribution in [-0.4, -0.2) is 42.3 Å². The van der Waals surface area contributed by atoms with E-state index in [4.69, 9.17) is 23.2 Å². The third-order valence-electron chi connectivity index (χ3n) is 3.17. The monoisotopic (exact) mass is 288 g/mol. The number of hydrogen-bond donors (Lipinski definition) is 2. The quantitative estimate of drug-likeness (QED) is 0.895. The summed E-state index contributed by atoms with van der Waals surface area (Å²) in [5, 5.41) is 13.8. The Morgan fingerprint density at radius 3 is 2.89 bits per heavy atom. The molecule has 100 valence electrons. The second-order valence-electron chi connectivity index (χ2n) is 4.67. The molecule has 0 spiro atoms. The first kappa shape index (κ1) is 14.1. The molecule has 1 aliphatic heterocycles. The Hall–Kier alpha value is -0.320. The topological polar surface area (TPSA) is 35.5 Å². The molecule has 5 heteroatoms. The van der Waals surface area contributed by atoms with Crippen LogP contribution < -0.4 is 5.32 Å². The number of aliphatic hydroxyl groups is 1. The molecule has 0 amide bonds. The summed E-state index contributed by atoms with van der Waals surface area (Å²) in [6.45, 7) is 3.87. The predicted molar refractivity (Wildman–Crippen MR) is 75.2 cm³/mol. The highest BCUT2D eigenvalue weighted by Gasteiger charge is 2.17. The minimum absolute atomic E-state index is 0.162. The number of nitrogens with zero attached hydrogens (tertiary/aromatic N) is 1. The number of aliphatic hydroxyl groups excluding tert-OH is 1. The molecule has 2 rings (SSSR count). The van der Waals surface area contributed by atoms with Gasteiger partial charge in [0.05, 0.1) is 16.7 Å². The normalized spacial score (nSPS) is 21.8. The van der Waals surface area contributed by atoms with Gasteiger partial charge in [0, 0.05) is 19.1 Å². The fourth-order valence-corrected chi connectivity index (χ4v) is 2.56. The molecule has 1 saturated heterocycles. The molecule has 1 aromatic rings. The largest absolute Gasteiger partial charge is 0.395 e. The van der Waals surface area contributed by atoms with Crippen molar-refractivity contribution in [3.8, 4) is 0 Å². The first-order valence-electron chi connectivity index (χ1n) is 6.19. The molecule has 0 bridgehead atoms. The van der Waals surface area contributed by atoms with Gasteiger partial charge in [0.15, 0.2) is 0 Å². The van der Waals surface area contributed by atoms with Gasteiger partial charge in [-0.25, -0.2) is 0 Å². The standard InChI is InChI=1S/C13H18Cl2N2O/c14-12-3-2-10(6-13(12)15)7-17-5-1-4-16-11(8-17)9-18/h2-3,6,11,16,18H,1,4-5,7-9H2. The Morgan fingerprint density at radius 1 is 1.33 bits per heavy atom. The van der Waals surface area contributed by atoms with Gasteiger partial charge in [-0.05, 0) is 37.2 Å². The SMILES string of the molecule is OCC1CN(Cc2ccc(Cl)c(Cl)c2)CCCN1. The third-order valence-corrected chi connectivity index (χ3v) is 3.91. The van der Waals surface area contributed by atoms with E-state index in [2.05, 4.69) is 10.2 Å². The maximum absolute atomic E-state index is 9.25. The molecule has 1 aliphatic rings. The van der Waals surface area contributed by atoms with Crippen LogP contribution in [0, 0.1) is 0 Å². The van der Waals surface area contributed by atoms with Gasteiger partial charge in [0.2, 0.25) is 0 Å². The molecule has 0 aliphatic carbocycles. The van der Waals surface area contributed by atoms with Gasteiger partial charge in [0.25, 0.3) is 0 Å². The van der Waals surface area contributed by atoms with Crippen molar-refractivity contribution in [3.05, 3.63) is 33.8 Å². The minimum atomic E-state index is 0.162. The van der Waals surface area contributed by atoms with E-state index in [-0.39, 0.29) is 12.6 Å². The Labute approximate surface area is 118 Å². The number of halogens is 2. The highest BCUT2D eigenvalue weighted by Crippen LogP contribution is 2.23. The zero-order chi connectivity index (χ0) is 13.0. The van der Waals surface area contributed by atoms with E-state index < -0.39 is 0 Å². The first-order chi connectivity index (χ1) is 8.69. The Morgan fingerprint density at radius 2 is 2.17 bits per heavy atom. The van der Waals surface area contributed by atoms with E-state index in [0.29, 0.717) is 10.0 Å². The molecule has 1 unspecified atom stereocenters. The molecule has 18 heavy (non-hydrogen) atoms. The van der Waals surface area contributed by atoms with Gasteiger partial charge in [-0.2, -0.15) is 0 Å². The van der Waals surface area contributed by atoms with E-state index in [0.717, 1.165) is 38.2 Å². The van der Waals surface area contributed by atoms with Crippen LogP contribution in [0.4, 0.5) is 0 Å². The molecule has 1 aromatic carbocycles. The Kier molecular flexibility index (Phi) is 5.27. The Bertz CT molecular complexity index is 401. The predicted octanol–water partition coefficient (Wildman–Crippen LogP) is 2.15. The average Bonchev–Trinajstić information content (AvgIpc) is 2.59. The summed E-state index contributed by atoms with van der Waals surface area (Å²) < 4.78 is 0. The van der Waals surface area contributed by atoms with Gasteiger partial charge < -0.3 is 10.4 Å². The molecular formula is C13H18Cl2N2O. The molecule has 0 saturated carbocycles. The minimum Gasteiger partial charge on any atom is -0.395 e. The van der Waals surface area contributed by atoms with Crippen molar-refractivity contribution in [3.63, 3.8) is 0 Å². The maximum Gasteiger partial charge on any atom is 0.0597 e. The summed E-state index contributed by atoms with van der Waals surface area (Å²) in [4.78, 5) is 2.33. The highest BCUT2D eigenvalue weighted by atomic mass is 35.5. The lowest BCUT2D eigenvalue weighted by Gasteiger charge is -2.23. The van der Waals surface area contributed by atoms with Crippen LogP contribution in [0.5, 0.6) is 0 Å². The van der Waals surface area contributed by atoms with Gasteiger partial charge in [0.1, 0.15) is 0 Å². The van der Waals surface area contributed by atoms with E-state index in [9.17, 15) is 5.11 Å². The van der Waals surface area contributed by atoms with Crippen molar-refractivity contribution < 1.29 is 5.11 Å². The molecule has 1 fully saturated rings. The molecule has 1 heterocycles. The lowest BCUT2D eigenvalue weighted by atomic mass is 10.2. The smallest absolute Gasteiger partial charge is 0.0597 e. The van der Waals surface area contributed by atoms with Crippen molar-refractivity contribution in [2.45, 2.75) is 19.0 Å². The van der Waals surface area contributed by atoms with Gasteiger partial charge in [-0.15, -0.1) is 0 Å². The van der Waals surface area contributed by atoms with Gasteiger partial charge in [-0.1, -0.05) is 29.3 Å². The van der Waals surface area contributed by atoms with Crippen LogP contribution in [0.15, 0.2) is 18.2 Å². The zero-order valence-electron chi connectivity index (χ0n) is 10.2. The number of rotatable bonds is 3. The lowest BCUT2D eigenvalue weighted by Crippen LogP contribution is -2.39. The average molecular weight is 289 g/mol. The maximum atomic E-state index is 9.25. The van der Waals surface area contributed by atoms with Crippen molar-refractivity contribution in [2.75, 3.05) is 26.2 Å². The number of benzene rings is 1. The molecule has 3 nitrogen and oxygen atoms in total. The van der Waals surface area contributed by atoms with Gasteiger partial charge >= 0.3 is 0 Å². The van der Waals surface area contributed by atoms with Crippen molar-refractivity contribution in [1.29, 1.82) is 0 Å². The summed E-state index contributed by atoms with van der Waals surface area (Å²) >= 11 is 11.9. The van der Waals surface area contributed by atoms with Crippen LogP contribution in [-0.2, 0) is 6.54 Å². The second kappa shape index (κ2) is 6.73. The lowest BCUT2D eigenvalue weighted by molar-refractivity contribution is 0.196. The van der Waals surface area contributed by atoms with Gasteiger partial charge in [-0.3, -0.25) is 4.90 Å². The van der Waals surface area contributed by atoms with Crippen LogP contribution in [0.1, 0.15) is 12.0 Å². The van der Waals surface area contributed by atoms with Crippen LogP contribution in [0.2, 0.25) is 10.0 Å². The zero-order valence-corrected chi connectivity index (χ0v) is 11.7. The fraction of sp³-hybridized carbons (Fsp3) is 0.538. The highest BCUT2D eigenvalue weighted by molar-refractivity contribution is 6.42. The first-order valence-corrected chi connectivity index (χ1v) is 6.95. The van der Waals surface area contributed by atoms with Crippen LogP contribution >= 0.6 is 23.2 Å². The van der Waals surface area contributed by atoms with E-state index in [1.165, 1.54) is 0 Å². The van der Waals surface area contributed by atoms with E-state index in [1.807, 2.05) is 18.2 Å². The summed E-state index contributed by atoms with van der Waals surface area (Å²) in [6, 6.07) is 5.91. The fourth-order valence-electron chi connectivity index (χ4n) is 2.24.